The number of carbonyl (C=O) groups is 1. The van der Waals surface area contributed by atoms with Crippen LogP contribution >= 0.6 is 0 Å². The van der Waals surface area contributed by atoms with Crippen LogP contribution in [-0.2, 0) is 21.4 Å². The van der Waals surface area contributed by atoms with Gasteiger partial charge >= 0.3 is 5.69 Å². The number of amides is 1. The van der Waals surface area contributed by atoms with Crippen LogP contribution < -0.4 is 15.7 Å². The summed E-state index contributed by atoms with van der Waals surface area (Å²) in [4.78, 5) is 26.2. The maximum atomic E-state index is 13.6. The normalized spacial score (nSPS) is 11.2. The highest BCUT2D eigenvalue weighted by atomic mass is 32.2. The lowest BCUT2D eigenvalue weighted by atomic mass is 10.3. The highest BCUT2D eigenvalue weighted by Gasteiger charge is 2.18. The number of sulfonamides is 1. The minimum atomic E-state index is -3.99. The van der Waals surface area contributed by atoms with E-state index in [2.05, 4.69) is 10.3 Å². The molecule has 122 valence electrons. The number of aromatic nitrogens is 2. The van der Waals surface area contributed by atoms with E-state index in [-0.39, 0.29) is 12.2 Å². The predicted molar refractivity (Wildman–Crippen MR) is 79.8 cm³/mol. The average Bonchev–Trinajstić information content (AvgIpc) is 2.51. The van der Waals surface area contributed by atoms with Gasteiger partial charge in [0.15, 0.2) is 0 Å². The summed E-state index contributed by atoms with van der Waals surface area (Å²) in [5, 5.41) is 2.40. The second kappa shape index (κ2) is 6.67. The summed E-state index contributed by atoms with van der Waals surface area (Å²) in [5.74, 6) is -1.53. The standard InChI is InChI=1S/C13H13FN4O4S/c1-15-23(21,22)11-7-9(3-4-10(11)14)17-12(19)8-18-6-2-5-16-13(18)20/h2-7,15H,8H2,1H3,(H,17,19). The third-order valence-electron chi connectivity index (χ3n) is 2.87. The van der Waals surface area contributed by atoms with Crippen LogP contribution in [0.2, 0.25) is 0 Å². The number of hydrogen-bond donors (Lipinski definition) is 2. The summed E-state index contributed by atoms with van der Waals surface area (Å²) in [6.45, 7) is -0.307. The maximum Gasteiger partial charge on any atom is 0.347 e. The summed E-state index contributed by atoms with van der Waals surface area (Å²) < 4.78 is 40.0. The highest BCUT2D eigenvalue weighted by molar-refractivity contribution is 7.89. The Bertz CT molecular complexity index is 895. The van der Waals surface area contributed by atoms with E-state index in [4.69, 9.17) is 0 Å². The average molecular weight is 340 g/mol. The van der Waals surface area contributed by atoms with Gasteiger partial charge in [-0.15, -0.1) is 0 Å². The number of rotatable bonds is 5. The Labute approximate surface area is 131 Å². The molecule has 8 nitrogen and oxygen atoms in total. The molecular weight excluding hydrogens is 327 g/mol. The van der Waals surface area contributed by atoms with Crippen molar-refractivity contribution in [3.63, 3.8) is 0 Å². The Balaban J connectivity index is 2.21. The molecule has 0 bridgehead atoms. The second-order valence-electron chi connectivity index (χ2n) is 4.43. The van der Waals surface area contributed by atoms with E-state index in [9.17, 15) is 22.4 Å². The first-order valence-corrected chi connectivity index (χ1v) is 7.86. The van der Waals surface area contributed by atoms with Crippen LogP contribution in [0.25, 0.3) is 0 Å². The van der Waals surface area contributed by atoms with Crippen LogP contribution in [0.3, 0.4) is 0 Å². The van der Waals surface area contributed by atoms with Gasteiger partial charge in [0, 0.05) is 18.1 Å². The largest absolute Gasteiger partial charge is 0.347 e. The van der Waals surface area contributed by atoms with Crippen molar-refractivity contribution in [2.75, 3.05) is 12.4 Å². The minimum Gasteiger partial charge on any atom is -0.324 e. The topological polar surface area (TPSA) is 110 Å². The zero-order chi connectivity index (χ0) is 17.0. The van der Waals surface area contributed by atoms with Gasteiger partial charge in [-0.3, -0.25) is 9.36 Å². The van der Waals surface area contributed by atoms with Crippen LogP contribution in [0.4, 0.5) is 10.1 Å². The van der Waals surface area contributed by atoms with Crippen molar-refractivity contribution >= 4 is 21.6 Å². The van der Waals surface area contributed by atoms with Crippen LogP contribution in [0, 0.1) is 5.82 Å². The molecule has 23 heavy (non-hydrogen) atoms. The molecule has 2 N–H and O–H groups in total. The lowest BCUT2D eigenvalue weighted by Gasteiger charge is -2.09. The molecule has 1 amide bonds. The van der Waals surface area contributed by atoms with Gasteiger partial charge in [-0.1, -0.05) is 0 Å². The van der Waals surface area contributed by atoms with Crippen molar-refractivity contribution < 1.29 is 17.6 Å². The second-order valence-corrected chi connectivity index (χ2v) is 6.29. The molecule has 0 fully saturated rings. The van der Waals surface area contributed by atoms with Gasteiger partial charge in [-0.2, -0.15) is 0 Å². The monoisotopic (exact) mass is 340 g/mol. The van der Waals surface area contributed by atoms with E-state index in [0.29, 0.717) is 0 Å². The molecule has 0 radical (unpaired) electrons. The first kappa shape index (κ1) is 16.8. The van der Waals surface area contributed by atoms with Gasteiger partial charge < -0.3 is 5.32 Å². The molecule has 10 heteroatoms. The van der Waals surface area contributed by atoms with Gasteiger partial charge in [-0.05, 0) is 31.3 Å². The number of nitrogens with one attached hydrogen (secondary N) is 2. The van der Waals surface area contributed by atoms with Crippen LogP contribution in [0.1, 0.15) is 0 Å². The van der Waals surface area contributed by atoms with Crippen molar-refractivity contribution in [1.29, 1.82) is 0 Å². The molecule has 0 saturated carbocycles. The number of nitrogens with zero attached hydrogens (tertiary/aromatic N) is 2. The molecule has 0 aliphatic carbocycles. The summed E-state index contributed by atoms with van der Waals surface area (Å²) >= 11 is 0. The van der Waals surface area contributed by atoms with Crippen molar-refractivity contribution in [3.8, 4) is 0 Å². The lowest BCUT2D eigenvalue weighted by molar-refractivity contribution is -0.116. The van der Waals surface area contributed by atoms with Crippen molar-refractivity contribution in [2.24, 2.45) is 0 Å². The highest BCUT2D eigenvalue weighted by Crippen LogP contribution is 2.19. The third-order valence-corrected chi connectivity index (χ3v) is 4.30. The molecule has 1 heterocycles. The predicted octanol–water partition coefficient (Wildman–Crippen LogP) is -0.0708. The number of hydrogen-bond acceptors (Lipinski definition) is 5. The number of carbonyl (C=O) groups excluding carboxylic acids is 1. The zero-order valence-corrected chi connectivity index (χ0v) is 12.8. The van der Waals surface area contributed by atoms with E-state index >= 15 is 0 Å². The van der Waals surface area contributed by atoms with Gasteiger partial charge in [0.1, 0.15) is 17.3 Å². The molecule has 0 aliphatic rings. The summed E-state index contributed by atoms with van der Waals surface area (Å²) in [5.41, 5.74) is -0.512. The van der Waals surface area contributed by atoms with Crippen molar-refractivity contribution in [2.45, 2.75) is 11.4 Å². The van der Waals surface area contributed by atoms with E-state index in [0.717, 1.165) is 23.7 Å². The Hall–Kier alpha value is -2.59. The number of benzene rings is 1. The summed E-state index contributed by atoms with van der Waals surface area (Å²) in [7, 11) is -2.85. The molecule has 1 aromatic carbocycles. The van der Waals surface area contributed by atoms with E-state index < -0.39 is 32.3 Å². The molecular formula is C13H13FN4O4S. The quantitative estimate of drug-likeness (QED) is 0.792. The molecule has 0 spiro atoms. The van der Waals surface area contributed by atoms with E-state index in [1.807, 2.05) is 4.72 Å². The summed E-state index contributed by atoms with van der Waals surface area (Å²) in [6, 6.07) is 4.62. The van der Waals surface area contributed by atoms with Crippen LogP contribution in [0.15, 0.2) is 46.3 Å². The molecule has 2 aromatic rings. The molecule has 0 atom stereocenters. The van der Waals surface area contributed by atoms with Gasteiger partial charge in [-0.25, -0.2) is 27.3 Å². The fraction of sp³-hybridized carbons (Fsp3) is 0.154. The number of anilines is 1. The molecule has 0 saturated heterocycles. The molecule has 0 aliphatic heterocycles. The zero-order valence-electron chi connectivity index (χ0n) is 12.0. The van der Waals surface area contributed by atoms with Crippen LogP contribution in [0.5, 0.6) is 0 Å². The Kier molecular flexibility index (Phi) is 4.86. The van der Waals surface area contributed by atoms with Gasteiger partial charge in [0.25, 0.3) is 0 Å². The first-order valence-electron chi connectivity index (χ1n) is 6.38. The first-order chi connectivity index (χ1) is 10.8. The van der Waals surface area contributed by atoms with Crippen molar-refractivity contribution in [3.05, 3.63) is 53.0 Å². The maximum absolute atomic E-state index is 13.6. The summed E-state index contributed by atoms with van der Waals surface area (Å²) in [6.07, 6.45) is 2.68. The third kappa shape index (κ3) is 3.99. The van der Waals surface area contributed by atoms with Crippen LogP contribution in [-0.4, -0.2) is 30.9 Å². The Morgan fingerprint density at radius 1 is 1.39 bits per heavy atom. The molecule has 0 unspecified atom stereocenters. The van der Waals surface area contributed by atoms with E-state index in [1.54, 1.807) is 0 Å². The minimum absolute atomic E-state index is 0.0853. The fourth-order valence-electron chi connectivity index (χ4n) is 1.76. The van der Waals surface area contributed by atoms with Crippen molar-refractivity contribution in [1.82, 2.24) is 14.3 Å². The number of halogens is 1. The Morgan fingerprint density at radius 3 is 2.78 bits per heavy atom. The van der Waals surface area contributed by atoms with Gasteiger partial charge in [0.2, 0.25) is 15.9 Å². The SMILES string of the molecule is CNS(=O)(=O)c1cc(NC(=O)Cn2cccnc2=O)ccc1F. The Morgan fingerprint density at radius 2 is 2.13 bits per heavy atom. The van der Waals surface area contributed by atoms with Gasteiger partial charge in [0.05, 0.1) is 0 Å². The molecule has 2 rings (SSSR count). The smallest absolute Gasteiger partial charge is 0.324 e. The fourth-order valence-corrected chi connectivity index (χ4v) is 2.59. The lowest BCUT2D eigenvalue weighted by Crippen LogP contribution is -2.28. The van der Waals surface area contributed by atoms with E-state index in [1.165, 1.54) is 24.5 Å². The molecule has 1 aromatic heterocycles.